The lowest BCUT2D eigenvalue weighted by atomic mass is 10.0. The summed E-state index contributed by atoms with van der Waals surface area (Å²) in [5.74, 6) is -0.502. The van der Waals surface area contributed by atoms with Crippen molar-refractivity contribution in [3.05, 3.63) is 54.0 Å². The van der Waals surface area contributed by atoms with Crippen molar-refractivity contribution in [2.45, 2.75) is 25.3 Å². The molecule has 1 unspecified atom stereocenters. The lowest BCUT2D eigenvalue weighted by Gasteiger charge is -2.19. The second kappa shape index (κ2) is 8.85. The molecule has 6 nitrogen and oxygen atoms in total. The molecule has 1 aromatic heterocycles. The lowest BCUT2D eigenvalue weighted by molar-refractivity contribution is 0.0690. The van der Waals surface area contributed by atoms with E-state index < -0.39 is 5.97 Å². The van der Waals surface area contributed by atoms with Gasteiger partial charge in [-0.25, -0.2) is 14.8 Å². The number of rotatable bonds is 9. The van der Waals surface area contributed by atoms with Crippen molar-refractivity contribution in [1.29, 1.82) is 0 Å². The number of carbonyl (C=O) groups is 1. The van der Waals surface area contributed by atoms with E-state index in [4.69, 9.17) is 9.84 Å². The summed E-state index contributed by atoms with van der Waals surface area (Å²) in [6, 6.07) is 10.4. The fourth-order valence-electron chi connectivity index (χ4n) is 2.32. The van der Waals surface area contributed by atoms with E-state index in [-0.39, 0.29) is 11.7 Å². The van der Waals surface area contributed by atoms with Gasteiger partial charge in [-0.15, -0.1) is 0 Å². The van der Waals surface area contributed by atoms with Crippen LogP contribution >= 0.6 is 0 Å². The van der Waals surface area contributed by atoms with Crippen molar-refractivity contribution in [3.8, 4) is 0 Å². The predicted molar refractivity (Wildman–Crippen MR) is 87.7 cm³/mol. The van der Waals surface area contributed by atoms with Crippen LogP contribution in [-0.2, 0) is 11.2 Å². The number of nitrogens with zero attached hydrogens (tertiary/aromatic N) is 2. The van der Waals surface area contributed by atoms with Crippen molar-refractivity contribution in [1.82, 2.24) is 9.97 Å². The highest BCUT2D eigenvalue weighted by Crippen LogP contribution is 2.13. The van der Waals surface area contributed by atoms with Gasteiger partial charge in [0.25, 0.3) is 0 Å². The average molecular weight is 315 g/mol. The molecule has 122 valence electrons. The highest BCUT2D eigenvalue weighted by molar-refractivity contribution is 5.84. The molecule has 1 atom stereocenters. The maximum atomic E-state index is 10.8. The van der Waals surface area contributed by atoms with E-state index in [2.05, 4.69) is 27.4 Å². The van der Waals surface area contributed by atoms with Crippen LogP contribution in [0.3, 0.4) is 0 Å². The first kappa shape index (κ1) is 16.9. The van der Waals surface area contributed by atoms with E-state index in [9.17, 15) is 4.79 Å². The van der Waals surface area contributed by atoms with Gasteiger partial charge in [0.05, 0.1) is 12.4 Å². The second-order valence-corrected chi connectivity index (χ2v) is 5.26. The molecule has 0 fully saturated rings. The standard InChI is InChI=1S/C17H21N3O3/c1-23-9-5-8-14(10-13-6-3-2-4-7-13)20-16-12-18-15(11-19-16)17(21)22/h2-4,6-7,11-12,14H,5,8-10H2,1H3,(H,19,20)(H,21,22). The summed E-state index contributed by atoms with van der Waals surface area (Å²) in [6.07, 6.45) is 5.43. The highest BCUT2D eigenvalue weighted by atomic mass is 16.5. The Labute approximate surface area is 135 Å². The fraction of sp³-hybridized carbons (Fsp3) is 0.353. The number of aromatic nitrogens is 2. The molecule has 0 saturated heterocycles. The Hall–Kier alpha value is -2.47. The molecule has 23 heavy (non-hydrogen) atoms. The minimum absolute atomic E-state index is 0.0606. The predicted octanol–water partition coefficient (Wildman–Crippen LogP) is 2.62. The van der Waals surface area contributed by atoms with Crippen LogP contribution < -0.4 is 5.32 Å². The number of carboxylic acid groups (broad SMARTS) is 1. The summed E-state index contributed by atoms with van der Waals surface area (Å²) < 4.78 is 5.11. The minimum atomic E-state index is -1.08. The third-order valence-corrected chi connectivity index (χ3v) is 3.45. The summed E-state index contributed by atoms with van der Waals surface area (Å²) >= 11 is 0. The Bertz CT molecular complexity index is 602. The molecular formula is C17H21N3O3. The van der Waals surface area contributed by atoms with Gasteiger partial charge in [-0.3, -0.25) is 0 Å². The molecule has 0 bridgehead atoms. The molecule has 2 aromatic rings. The average Bonchev–Trinajstić information content (AvgIpc) is 2.56. The Kier molecular flexibility index (Phi) is 6.50. The molecule has 0 spiro atoms. The molecule has 6 heteroatoms. The van der Waals surface area contributed by atoms with Crippen LogP contribution in [0.2, 0.25) is 0 Å². The van der Waals surface area contributed by atoms with Crippen molar-refractivity contribution < 1.29 is 14.6 Å². The van der Waals surface area contributed by atoms with Crippen LogP contribution in [0.4, 0.5) is 5.82 Å². The molecule has 1 aromatic carbocycles. The maximum absolute atomic E-state index is 10.8. The molecule has 2 rings (SSSR count). The number of ether oxygens (including phenoxy) is 1. The van der Waals surface area contributed by atoms with E-state index >= 15 is 0 Å². The number of carboxylic acids is 1. The molecule has 0 aliphatic carbocycles. The van der Waals surface area contributed by atoms with E-state index in [0.717, 1.165) is 19.3 Å². The first-order chi connectivity index (χ1) is 11.2. The number of benzene rings is 1. The summed E-state index contributed by atoms with van der Waals surface area (Å²) in [4.78, 5) is 18.8. The monoisotopic (exact) mass is 315 g/mol. The highest BCUT2D eigenvalue weighted by Gasteiger charge is 2.12. The number of hydrogen-bond donors (Lipinski definition) is 2. The first-order valence-electron chi connectivity index (χ1n) is 7.54. The Morgan fingerprint density at radius 3 is 2.65 bits per heavy atom. The van der Waals surface area contributed by atoms with Crippen LogP contribution in [0.25, 0.3) is 0 Å². The third kappa shape index (κ3) is 5.67. The molecule has 1 heterocycles. The van der Waals surface area contributed by atoms with Crippen LogP contribution in [-0.4, -0.2) is 40.8 Å². The zero-order chi connectivity index (χ0) is 16.5. The van der Waals surface area contributed by atoms with Gasteiger partial charge < -0.3 is 15.2 Å². The quantitative estimate of drug-likeness (QED) is 0.692. The smallest absolute Gasteiger partial charge is 0.356 e. The van der Waals surface area contributed by atoms with Gasteiger partial charge in [-0.05, 0) is 24.8 Å². The SMILES string of the molecule is COCCCC(Cc1ccccc1)Nc1cnc(C(=O)O)cn1. The van der Waals surface area contributed by atoms with Crippen LogP contribution in [0.15, 0.2) is 42.7 Å². The normalized spacial score (nSPS) is 11.9. The number of anilines is 1. The van der Waals surface area contributed by atoms with Crippen molar-refractivity contribution in [3.63, 3.8) is 0 Å². The molecule has 0 radical (unpaired) electrons. The van der Waals surface area contributed by atoms with E-state index in [1.165, 1.54) is 18.0 Å². The lowest BCUT2D eigenvalue weighted by Crippen LogP contribution is -2.23. The maximum Gasteiger partial charge on any atom is 0.356 e. The van der Waals surface area contributed by atoms with Crippen molar-refractivity contribution in [2.24, 2.45) is 0 Å². The van der Waals surface area contributed by atoms with Crippen LogP contribution in [0.1, 0.15) is 28.9 Å². The third-order valence-electron chi connectivity index (χ3n) is 3.45. The van der Waals surface area contributed by atoms with Gasteiger partial charge in [0.2, 0.25) is 0 Å². The molecule has 0 saturated carbocycles. The Balaban J connectivity index is 2.02. The first-order valence-corrected chi connectivity index (χ1v) is 7.54. The van der Waals surface area contributed by atoms with Gasteiger partial charge in [0, 0.05) is 19.8 Å². The summed E-state index contributed by atoms with van der Waals surface area (Å²) in [7, 11) is 1.69. The van der Waals surface area contributed by atoms with Gasteiger partial charge in [-0.1, -0.05) is 30.3 Å². The summed E-state index contributed by atoms with van der Waals surface area (Å²) in [5.41, 5.74) is 1.17. The van der Waals surface area contributed by atoms with Crippen molar-refractivity contribution in [2.75, 3.05) is 19.0 Å². The van der Waals surface area contributed by atoms with Gasteiger partial charge >= 0.3 is 5.97 Å². The van der Waals surface area contributed by atoms with Crippen LogP contribution in [0.5, 0.6) is 0 Å². The zero-order valence-corrected chi connectivity index (χ0v) is 13.1. The molecule has 0 aliphatic rings. The number of nitrogens with one attached hydrogen (secondary N) is 1. The number of methoxy groups -OCH3 is 1. The Morgan fingerprint density at radius 2 is 2.04 bits per heavy atom. The zero-order valence-electron chi connectivity index (χ0n) is 13.1. The molecule has 0 aliphatic heterocycles. The summed E-state index contributed by atoms with van der Waals surface area (Å²) in [5, 5.41) is 12.2. The summed E-state index contributed by atoms with van der Waals surface area (Å²) in [6.45, 7) is 0.705. The van der Waals surface area contributed by atoms with E-state index in [1.54, 1.807) is 7.11 Å². The molecular weight excluding hydrogens is 294 g/mol. The van der Waals surface area contributed by atoms with Gasteiger partial charge in [-0.2, -0.15) is 0 Å². The van der Waals surface area contributed by atoms with Gasteiger partial charge in [0.15, 0.2) is 5.69 Å². The van der Waals surface area contributed by atoms with E-state index in [0.29, 0.717) is 12.4 Å². The van der Waals surface area contributed by atoms with Crippen LogP contribution in [0, 0.1) is 0 Å². The van der Waals surface area contributed by atoms with Crippen molar-refractivity contribution >= 4 is 11.8 Å². The largest absolute Gasteiger partial charge is 0.476 e. The fourth-order valence-corrected chi connectivity index (χ4v) is 2.32. The number of hydrogen-bond acceptors (Lipinski definition) is 5. The molecule has 2 N–H and O–H groups in total. The second-order valence-electron chi connectivity index (χ2n) is 5.26. The van der Waals surface area contributed by atoms with E-state index in [1.807, 2.05) is 18.2 Å². The molecule has 0 amide bonds. The minimum Gasteiger partial charge on any atom is -0.476 e. The van der Waals surface area contributed by atoms with Gasteiger partial charge in [0.1, 0.15) is 5.82 Å². The Morgan fingerprint density at radius 1 is 1.26 bits per heavy atom. The topological polar surface area (TPSA) is 84.3 Å². The number of aromatic carboxylic acids is 1.